The van der Waals surface area contributed by atoms with Gasteiger partial charge in [-0.2, -0.15) is 9.48 Å². The van der Waals surface area contributed by atoms with Crippen molar-refractivity contribution in [3.63, 3.8) is 0 Å². The van der Waals surface area contributed by atoms with Crippen molar-refractivity contribution in [1.29, 1.82) is 0 Å². The number of thiophene rings is 1. The molecule has 3 aliphatic rings. The average Bonchev–Trinajstić information content (AvgIpc) is 3.52. The van der Waals surface area contributed by atoms with Gasteiger partial charge in [0, 0.05) is 38.1 Å². The summed E-state index contributed by atoms with van der Waals surface area (Å²) in [7, 11) is 0. The van der Waals surface area contributed by atoms with Crippen molar-refractivity contribution < 1.29 is 9.14 Å². The molecule has 3 aromatic carbocycles. The molecule has 0 bridgehead atoms. The molecule has 1 atom stereocenters. The van der Waals surface area contributed by atoms with Gasteiger partial charge in [0.1, 0.15) is 17.6 Å². The first-order valence-electron chi connectivity index (χ1n) is 16.0. The third kappa shape index (κ3) is 3.06. The molecule has 4 heterocycles. The molecular formula is C39H43N3S+2. The van der Waals surface area contributed by atoms with Crippen LogP contribution < -0.4 is 4.57 Å². The maximum absolute atomic E-state index is 2.75. The van der Waals surface area contributed by atoms with E-state index in [0.29, 0.717) is 18.0 Å². The Hall–Kier alpha value is -3.50. The van der Waals surface area contributed by atoms with Crippen molar-refractivity contribution in [1.82, 2.24) is 4.90 Å². The van der Waals surface area contributed by atoms with Crippen LogP contribution in [0.15, 0.2) is 60.7 Å². The number of hydrogen-bond donors (Lipinski definition) is 0. The molecule has 4 heteroatoms. The molecule has 43 heavy (non-hydrogen) atoms. The maximum Gasteiger partial charge on any atom is 0.479 e. The van der Waals surface area contributed by atoms with E-state index in [1.54, 1.807) is 0 Å². The van der Waals surface area contributed by atoms with E-state index in [0.717, 1.165) is 0 Å². The fourth-order valence-corrected chi connectivity index (χ4v) is 10.5. The Labute approximate surface area is 260 Å². The van der Waals surface area contributed by atoms with Crippen molar-refractivity contribution in [2.45, 2.75) is 92.5 Å². The molecule has 1 unspecified atom stereocenters. The molecule has 0 saturated heterocycles. The van der Waals surface area contributed by atoms with Crippen LogP contribution in [0.5, 0.6) is 0 Å². The van der Waals surface area contributed by atoms with Crippen molar-refractivity contribution in [2.24, 2.45) is 5.92 Å². The highest BCUT2D eigenvalue weighted by molar-refractivity contribution is 7.22. The third-order valence-corrected chi connectivity index (χ3v) is 11.6. The molecule has 0 N–H and O–H groups in total. The third-order valence-electron chi connectivity index (χ3n) is 10.4. The number of amidine groups is 1. The monoisotopic (exact) mass is 585 g/mol. The molecule has 3 nitrogen and oxygen atoms in total. The predicted molar refractivity (Wildman–Crippen MR) is 181 cm³/mol. The molecule has 5 aromatic rings. The lowest BCUT2D eigenvalue weighted by molar-refractivity contribution is -0.955. The van der Waals surface area contributed by atoms with Gasteiger partial charge in [-0.1, -0.05) is 58.0 Å². The van der Waals surface area contributed by atoms with Gasteiger partial charge in [-0.25, -0.2) is 0 Å². The summed E-state index contributed by atoms with van der Waals surface area (Å²) >= 11 is 1.98. The summed E-state index contributed by atoms with van der Waals surface area (Å²) in [4.78, 5) is 4.21. The van der Waals surface area contributed by atoms with Gasteiger partial charge in [0.05, 0.1) is 11.5 Å². The van der Waals surface area contributed by atoms with E-state index in [1.165, 1.54) is 76.3 Å². The molecule has 0 radical (unpaired) electrons. The number of nitrogens with zero attached hydrogens (tertiary/aromatic N) is 3. The Morgan fingerprint density at radius 1 is 0.791 bits per heavy atom. The normalized spacial score (nSPS) is 19.7. The summed E-state index contributed by atoms with van der Waals surface area (Å²) < 4.78 is 6.88. The van der Waals surface area contributed by atoms with Crippen LogP contribution in [-0.2, 0) is 11.2 Å². The Morgan fingerprint density at radius 3 is 2.21 bits per heavy atom. The van der Waals surface area contributed by atoms with Crippen molar-refractivity contribution in [3.05, 3.63) is 88.5 Å². The minimum Gasteiger partial charge on any atom is -0.156 e. The van der Waals surface area contributed by atoms with E-state index < -0.39 is 5.79 Å². The first kappa shape index (κ1) is 27.1. The van der Waals surface area contributed by atoms with E-state index in [9.17, 15) is 0 Å². The zero-order valence-electron chi connectivity index (χ0n) is 27.3. The van der Waals surface area contributed by atoms with Crippen LogP contribution in [0.4, 0.5) is 0 Å². The van der Waals surface area contributed by atoms with E-state index >= 15 is 0 Å². The fraction of sp³-hybridized carbons (Fsp3) is 0.385. The number of aryl methyl sites for hydroxylation is 2. The topological polar surface area (TPSA) is 10.1 Å². The van der Waals surface area contributed by atoms with Gasteiger partial charge < -0.3 is 0 Å². The van der Waals surface area contributed by atoms with Gasteiger partial charge in [-0.15, -0.1) is 15.9 Å². The SMILES string of the molecule is Cc1cc(C)c2ccc3[n+](c2c1)C1(c2ccc4c(c2-3)-c2sc3ccccc3c2C4(C)C)N(C(C)C)C(C(C)C)=[N+]1C(C)C. The summed E-state index contributed by atoms with van der Waals surface area (Å²) in [6.45, 7) is 23.6. The summed E-state index contributed by atoms with van der Waals surface area (Å²) in [5, 5.41) is 2.75. The first-order valence-corrected chi connectivity index (χ1v) is 16.9. The molecule has 0 fully saturated rings. The van der Waals surface area contributed by atoms with Crippen molar-refractivity contribution in [2.75, 3.05) is 0 Å². The standard InChI is InChI=1S/C39H43N3S/c1-21(2)37-40(22(3)4)39(41(37)23(5)6)29-17-16-28-34(36-35(38(28,9)10)27-13-11-12-14-32(27)43-36)33(29)30-18-15-26-25(8)19-24(7)20-31(26)42(30)39/h11-23H,1-10H3/q+2. The molecule has 1 aliphatic carbocycles. The van der Waals surface area contributed by atoms with Crippen LogP contribution in [-0.4, -0.2) is 27.4 Å². The lowest BCUT2D eigenvalue weighted by Crippen LogP contribution is -2.83. The molecule has 0 amide bonds. The Morgan fingerprint density at radius 2 is 1.51 bits per heavy atom. The van der Waals surface area contributed by atoms with Gasteiger partial charge in [0.2, 0.25) is 11.2 Å². The number of hydrogen-bond acceptors (Lipinski definition) is 2. The number of aromatic nitrogens is 1. The largest absolute Gasteiger partial charge is 0.479 e. The molecular weight excluding hydrogens is 543 g/mol. The Balaban J connectivity index is 1.60. The van der Waals surface area contributed by atoms with Crippen molar-refractivity contribution in [3.8, 4) is 21.7 Å². The highest BCUT2D eigenvalue weighted by Crippen LogP contribution is 2.61. The van der Waals surface area contributed by atoms with Gasteiger partial charge in [0.15, 0.2) is 0 Å². The van der Waals surface area contributed by atoms with Crippen molar-refractivity contribution >= 4 is 38.2 Å². The van der Waals surface area contributed by atoms with Gasteiger partial charge >= 0.3 is 5.79 Å². The van der Waals surface area contributed by atoms with Gasteiger partial charge in [-0.05, 0) is 87.4 Å². The Bertz CT molecular complexity index is 2070. The van der Waals surface area contributed by atoms with E-state index in [2.05, 4.69) is 144 Å². The lowest BCUT2D eigenvalue weighted by atomic mass is 9.80. The number of fused-ring (bicyclic) bond motifs is 13. The van der Waals surface area contributed by atoms with Crippen LogP contribution in [0.1, 0.15) is 83.2 Å². The minimum absolute atomic E-state index is 0.0613. The second-order valence-electron chi connectivity index (χ2n) is 14.5. The average molecular weight is 586 g/mol. The lowest BCUT2D eigenvalue weighted by Gasteiger charge is -2.46. The number of benzene rings is 3. The summed E-state index contributed by atoms with van der Waals surface area (Å²) in [5.74, 6) is 1.44. The minimum atomic E-state index is -0.426. The van der Waals surface area contributed by atoms with E-state index in [-0.39, 0.29) is 5.41 Å². The summed E-state index contributed by atoms with van der Waals surface area (Å²) in [6, 6.07) is 24.3. The molecule has 2 aliphatic heterocycles. The van der Waals surface area contributed by atoms with Crippen LogP contribution in [0.25, 0.3) is 42.7 Å². The number of rotatable bonds is 3. The van der Waals surface area contributed by atoms with E-state index in [1.807, 2.05) is 11.3 Å². The smallest absolute Gasteiger partial charge is 0.156 e. The second kappa shape index (κ2) is 8.57. The predicted octanol–water partition coefficient (Wildman–Crippen LogP) is 9.10. The van der Waals surface area contributed by atoms with Crippen LogP contribution >= 0.6 is 11.3 Å². The molecule has 0 saturated carbocycles. The fourth-order valence-electron chi connectivity index (χ4n) is 9.05. The van der Waals surface area contributed by atoms with E-state index in [4.69, 9.17) is 0 Å². The first-order chi connectivity index (χ1) is 20.4. The second-order valence-corrected chi connectivity index (χ2v) is 15.5. The van der Waals surface area contributed by atoms with Crippen LogP contribution in [0, 0.1) is 19.8 Å². The molecule has 1 spiro atoms. The number of pyridine rings is 1. The molecule has 2 aromatic heterocycles. The van der Waals surface area contributed by atoms with Gasteiger partial charge in [0.25, 0.3) is 5.84 Å². The molecule has 8 rings (SSSR count). The Kier molecular flexibility index (Phi) is 5.39. The highest BCUT2D eigenvalue weighted by atomic mass is 32.1. The summed E-state index contributed by atoms with van der Waals surface area (Å²) in [6.07, 6.45) is 0. The zero-order chi connectivity index (χ0) is 30.3. The quantitative estimate of drug-likeness (QED) is 0.192. The van der Waals surface area contributed by atoms with Crippen LogP contribution in [0.3, 0.4) is 0 Å². The summed E-state index contributed by atoms with van der Waals surface area (Å²) in [5.41, 5.74) is 12.5. The highest BCUT2D eigenvalue weighted by Gasteiger charge is 2.77. The maximum atomic E-state index is 2.75. The van der Waals surface area contributed by atoms with Gasteiger partial charge in [-0.3, -0.25) is 0 Å². The van der Waals surface area contributed by atoms with Crippen LogP contribution in [0.2, 0.25) is 0 Å². The zero-order valence-corrected chi connectivity index (χ0v) is 28.1. The molecule has 218 valence electrons.